The number of aliphatic hydroxyl groups is 3. The van der Waals surface area contributed by atoms with Crippen molar-refractivity contribution in [3.63, 3.8) is 0 Å². The summed E-state index contributed by atoms with van der Waals surface area (Å²) in [5, 5.41) is 46.3. The SMILES string of the molecule is C[C@H](NC(=O)[C@@H](C)O[C@H]1[C@H](O)[C@@H](CO)OC(O)[C@@H]1NC(=O)Oc1ccccc1)C(=O)N[C@H](CCC(=O)O)C(N)=O. The molecule has 0 radical (unpaired) electrons. The minimum atomic E-state index is -1.77. The molecule has 16 heteroatoms. The zero-order valence-corrected chi connectivity index (χ0v) is 21.8. The Bertz CT molecular complexity index is 1040. The Balaban J connectivity index is 2.05. The first-order valence-corrected chi connectivity index (χ1v) is 12.3. The molecule has 16 nitrogen and oxygen atoms in total. The number of rotatable bonds is 13. The van der Waals surface area contributed by atoms with Gasteiger partial charge < -0.3 is 56.3 Å². The van der Waals surface area contributed by atoms with E-state index in [0.29, 0.717) is 0 Å². The van der Waals surface area contributed by atoms with Crippen LogP contribution in [0.25, 0.3) is 0 Å². The highest BCUT2D eigenvalue weighted by Crippen LogP contribution is 2.24. The molecule has 1 aliphatic rings. The summed E-state index contributed by atoms with van der Waals surface area (Å²) in [4.78, 5) is 59.9. The third-order valence-electron chi connectivity index (χ3n) is 5.90. The summed E-state index contributed by atoms with van der Waals surface area (Å²) in [5.41, 5.74) is 5.20. The van der Waals surface area contributed by atoms with Crippen LogP contribution < -0.4 is 26.4 Å². The van der Waals surface area contributed by atoms with Crippen LogP contribution in [0.5, 0.6) is 5.75 Å². The van der Waals surface area contributed by atoms with Crippen LogP contribution in [0.2, 0.25) is 0 Å². The Hall–Kier alpha value is -3.83. The molecule has 1 aromatic rings. The second kappa shape index (κ2) is 15.1. The van der Waals surface area contributed by atoms with Gasteiger partial charge in [-0.25, -0.2) is 4.79 Å². The third-order valence-corrected chi connectivity index (χ3v) is 5.90. The van der Waals surface area contributed by atoms with Gasteiger partial charge >= 0.3 is 12.1 Å². The van der Waals surface area contributed by atoms with Gasteiger partial charge in [0.05, 0.1) is 6.61 Å². The molecular weight excluding hydrogens is 536 g/mol. The summed E-state index contributed by atoms with van der Waals surface area (Å²) >= 11 is 0. The van der Waals surface area contributed by atoms with E-state index in [0.717, 1.165) is 0 Å². The van der Waals surface area contributed by atoms with Gasteiger partial charge in [-0.1, -0.05) is 18.2 Å². The molecule has 1 fully saturated rings. The van der Waals surface area contributed by atoms with Gasteiger partial charge in [0, 0.05) is 6.42 Å². The lowest BCUT2D eigenvalue weighted by Gasteiger charge is -2.43. The summed E-state index contributed by atoms with van der Waals surface area (Å²) in [7, 11) is 0. The van der Waals surface area contributed by atoms with Crippen LogP contribution >= 0.6 is 0 Å². The molecule has 4 amide bonds. The highest BCUT2D eigenvalue weighted by atomic mass is 16.6. The van der Waals surface area contributed by atoms with Crippen molar-refractivity contribution in [2.45, 2.75) is 75.5 Å². The van der Waals surface area contributed by atoms with Gasteiger partial charge in [0.1, 0.15) is 48.3 Å². The number of primary amides is 1. The first-order chi connectivity index (χ1) is 18.8. The number of carbonyl (C=O) groups excluding carboxylic acids is 4. The van der Waals surface area contributed by atoms with Crippen molar-refractivity contribution in [3.05, 3.63) is 30.3 Å². The Labute approximate surface area is 228 Å². The van der Waals surface area contributed by atoms with Crippen LogP contribution in [0, 0.1) is 0 Å². The molecule has 0 spiro atoms. The number of aliphatic carboxylic acids is 1. The zero-order valence-electron chi connectivity index (χ0n) is 21.8. The number of nitrogens with two attached hydrogens (primary N) is 1. The molecule has 0 aliphatic carbocycles. The summed E-state index contributed by atoms with van der Waals surface area (Å²) in [6.07, 6.45) is -9.29. The molecule has 1 unspecified atom stereocenters. The molecule has 1 saturated heterocycles. The molecule has 8 atom stereocenters. The first kappa shape index (κ1) is 32.4. The average molecular weight is 571 g/mol. The van der Waals surface area contributed by atoms with Gasteiger partial charge in [0.15, 0.2) is 6.29 Å². The Morgan fingerprint density at radius 1 is 1.05 bits per heavy atom. The van der Waals surface area contributed by atoms with Crippen LogP contribution in [0.1, 0.15) is 26.7 Å². The van der Waals surface area contributed by atoms with Crippen molar-refractivity contribution in [1.29, 1.82) is 0 Å². The van der Waals surface area contributed by atoms with Crippen molar-refractivity contribution < 1.29 is 58.6 Å². The molecule has 222 valence electrons. The summed E-state index contributed by atoms with van der Waals surface area (Å²) in [6.45, 7) is 1.83. The number of carbonyl (C=O) groups is 5. The number of para-hydroxylation sites is 1. The highest BCUT2D eigenvalue weighted by molar-refractivity contribution is 5.92. The molecular formula is C24H34N4O12. The molecule has 40 heavy (non-hydrogen) atoms. The van der Waals surface area contributed by atoms with E-state index in [-0.39, 0.29) is 12.2 Å². The number of hydrogen-bond acceptors (Lipinski definition) is 11. The fourth-order valence-corrected chi connectivity index (χ4v) is 3.71. The number of carboxylic acid groups (broad SMARTS) is 1. The number of nitrogens with one attached hydrogen (secondary N) is 3. The van der Waals surface area contributed by atoms with Crippen LogP contribution in [0.15, 0.2) is 30.3 Å². The maximum atomic E-state index is 12.8. The van der Waals surface area contributed by atoms with E-state index in [1.165, 1.54) is 26.0 Å². The van der Waals surface area contributed by atoms with E-state index >= 15 is 0 Å². The second-order valence-corrected chi connectivity index (χ2v) is 8.98. The molecule has 0 saturated carbocycles. The predicted octanol–water partition coefficient (Wildman–Crippen LogP) is -2.67. The maximum Gasteiger partial charge on any atom is 0.413 e. The van der Waals surface area contributed by atoms with E-state index in [4.69, 9.17) is 25.1 Å². The molecule has 1 aromatic carbocycles. The molecule has 0 bridgehead atoms. The van der Waals surface area contributed by atoms with Crippen LogP contribution in [-0.4, -0.2) is 106 Å². The molecule has 2 rings (SSSR count). The molecule has 0 aromatic heterocycles. The van der Waals surface area contributed by atoms with Crippen molar-refractivity contribution in [2.75, 3.05) is 6.61 Å². The van der Waals surface area contributed by atoms with E-state index in [9.17, 15) is 39.3 Å². The van der Waals surface area contributed by atoms with Gasteiger partial charge in [-0.2, -0.15) is 0 Å². The van der Waals surface area contributed by atoms with Gasteiger partial charge in [-0.3, -0.25) is 19.2 Å². The smallest absolute Gasteiger partial charge is 0.413 e. The highest BCUT2D eigenvalue weighted by Gasteiger charge is 2.47. The van der Waals surface area contributed by atoms with E-state index < -0.39 is 91.6 Å². The van der Waals surface area contributed by atoms with E-state index in [1.807, 2.05) is 0 Å². The minimum Gasteiger partial charge on any atom is -0.481 e. The number of carboxylic acids is 1. The van der Waals surface area contributed by atoms with Gasteiger partial charge in [0.25, 0.3) is 0 Å². The predicted molar refractivity (Wildman–Crippen MR) is 133 cm³/mol. The fraction of sp³-hybridized carbons (Fsp3) is 0.542. The average Bonchev–Trinajstić information content (AvgIpc) is 2.90. The summed E-state index contributed by atoms with van der Waals surface area (Å²) in [6, 6.07) is 3.98. The quantitative estimate of drug-likeness (QED) is 0.121. The number of ether oxygens (including phenoxy) is 3. The van der Waals surface area contributed by atoms with Crippen molar-refractivity contribution in [2.24, 2.45) is 5.73 Å². The monoisotopic (exact) mass is 570 g/mol. The van der Waals surface area contributed by atoms with Crippen molar-refractivity contribution in [1.82, 2.24) is 16.0 Å². The lowest BCUT2D eigenvalue weighted by atomic mass is 9.96. The first-order valence-electron chi connectivity index (χ1n) is 12.3. The summed E-state index contributed by atoms with van der Waals surface area (Å²) in [5.74, 6) is -3.67. The molecule has 1 aliphatic heterocycles. The van der Waals surface area contributed by atoms with Gasteiger partial charge in [-0.15, -0.1) is 0 Å². The van der Waals surface area contributed by atoms with Crippen molar-refractivity contribution >= 4 is 29.8 Å². The number of amides is 4. The van der Waals surface area contributed by atoms with Crippen LogP contribution in [-0.2, 0) is 28.7 Å². The van der Waals surface area contributed by atoms with E-state index in [2.05, 4.69) is 16.0 Å². The lowest BCUT2D eigenvalue weighted by molar-refractivity contribution is -0.265. The number of benzene rings is 1. The van der Waals surface area contributed by atoms with Gasteiger partial charge in [0.2, 0.25) is 17.7 Å². The second-order valence-electron chi connectivity index (χ2n) is 8.98. The maximum absolute atomic E-state index is 12.8. The lowest BCUT2D eigenvalue weighted by Crippen LogP contribution is -2.66. The van der Waals surface area contributed by atoms with Gasteiger partial charge in [-0.05, 0) is 32.4 Å². The zero-order chi connectivity index (χ0) is 30.0. The Morgan fingerprint density at radius 3 is 2.27 bits per heavy atom. The molecule has 1 heterocycles. The number of aliphatic hydroxyl groups excluding tert-OH is 3. The fourth-order valence-electron chi connectivity index (χ4n) is 3.71. The standard InChI is InChI=1S/C24H34N4O12/c1-11(21(34)27-14(20(25)33)8-9-16(30)31)26-22(35)12(2)38-19-17(23(36)40-15(10-29)18(19)32)28-24(37)39-13-6-4-3-5-7-13/h3-7,11-12,14-15,17-19,23,29,32,36H,8-10H2,1-2H3,(H2,25,33)(H,26,35)(H,27,34)(H,28,37)(H,30,31)/t11-,12+,14+,15+,17+,18+,19+,23?/m0/s1. The van der Waals surface area contributed by atoms with Crippen LogP contribution in [0.3, 0.4) is 0 Å². The van der Waals surface area contributed by atoms with Crippen molar-refractivity contribution in [3.8, 4) is 5.75 Å². The Kier molecular flexibility index (Phi) is 12.2. The summed E-state index contributed by atoms with van der Waals surface area (Å²) < 4.78 is 15.9. The van der Waals surface area contributed by atoms with Crippen LogP contribution in [0.4, 0.5) is 4.79 Å². The largest absolute Gasteiger partial charge is 0.481 e. The Morgan fingerprint density at radius 2 is 1.70 bits per heavy atom. The molecule has 9 N–H and O–H groups in total. The normalized spacial score (nSPS) is 24.6. The van der Waals surface area contributed by atoms with E-state index in [1.54, 1.807) is 18.2 Å². The third kappa shape index (κ3) is 9.42. The minimum absolute atomic E-state index is 0.180. The topological polar surface area (TPSA) is 256 Å². The number of hydrogen-bond donors (Lipinski definition) is 8.